The van der Waals surface area contributed by atoms with Crippen LogP contribution in [0.1, 0.15) is 11.1 Å². The van der Waals surface area contributed by atoms with Gasteiger partial charge >= 0.3 is 0 Å². The molecule has 2 rings (SSSR count). The first kappa shape index (κ1) is 15.0. The van der Waals surface area contributed by atoms with Gasteiger partial charge in [-0.3, -0.25) is 9.71 Å². The van der Waals surface area contributed by atoms with Gasteiger partial charge < -0.3 is 5.73 Å². The molecule has 0 atom stereocenters. The number of nitrogens with two attached hydrogens (primary N) is 1. The van der Waals surface area contributed by atoms with E-state index in [1.807, 2.05) is 6.92 Å². The second kappa shape index (κ2) is 6.39. The zero-order valence-corrected chi connectivity index (χ0v) is 12.3. The number of sulfonamides is 1. The van der Waals surface area contributed by atoms with Crippen molar-refractivity contribution >= 4 is 15.7 Å². The molecule has 0 aliphatic heterocycles. The van der Waals surface area contributed by atoms with E-state index < -0.39 is 10.0 Å². The molecule has 5 nitrogen and oxygen atoms in total. The predicted molar refractivity (Wildman–Crippen MR) is 82.2 cm³/mol. The van der Waals surface area contributed by atoms with E-state index in [1.165, 1.54) is 12.3 Å². The minimum Gasteiger partial charge on any atom is -0.320 e. The van der Waals surface area contributed by atoms with Crippen molar-refractivity contribution in [3.8, 4) is 11.8 Å². The summed E-state index contributed by atoms with van der Waals surface area (Å²) < 4.78 is 27.0. The van der Waals surface area contributed by atoms with Crippen molar-refractivity contribution in [3.63, 3.8) is 0 Å². The van der Waals surface area contributed by atoms with Crippen molar-refractivity contribution in [2.45, 2.75) is 11.8 Å². The Bertz CT molecular complexity index is 791. The van der Waals surface area contributed by atoms with Crippen LogP contribution in [0.15, 0.2) is 47.6 Å². The van der Waals surface area contributed by atoms with Crippen LogP contribution in [-0.2, 0) is 10.0 Å². The van der Waals surface area contributed by atoms with Crippen LogP contribution in [-0.4, -0.2) is 19.9 Å². The van der Waals surface area contributed by atoms with E-state index in [9.17, 15) is 8.42 Å². The van der Waals surface area contributed by atoms with Crippen molar-refractivity contribution < 1.29 is 8.42 Å². The summed E-state index contributed by atoms with van der Waals surface area (Å²) >= 11 is 0. The molecular weight excluding hydrogens is 286 g/mol. The van der Waals surface area contributed by atoms with Crippen LogP contribution in [0.25, 0.3) is 0 Å². The Labute approximate surface area is 124 Å². The average molecular weight is 301 g/mol. The molecule has 0 aliphatic rings. The van der Waals surface area contributed by atoms with Crippen LogP contribution in [0.3, 0.4) is 0 Å². The fraction of sp³-hybridized carbons (Fsp3) is 0.133. The highest BCUT2D eigenvalue weighted by Crippen LogP contribution is 2.18. The summed E-state index contributed by atoms with van der Waals surface area (Å²) in [6.45, 7) is 2.08. The lowest BCUT2D eigenvalue weighted by Gasteiger charge is -2.09. The Hall–Kier alpha value is -2.36. The Morgan fingerprint density at radius 3 is 2.76 bits per heavy atom. The molecule has 1 aromatic heterocycles. The van der Waals surface area contributed by atoms with Crippen LogP contribution >= 0.6 is 0 Å². The molecule has 0 radical (unpaired) electrons. The molecule has 0 unspecified atom stereocenters. The van der Waals surface area contributed by atoms with Gasteiger partial charge in [0.1, 0.15) is 0 Å². The summed E-state index contributed by atoms with van der Waals surface area (Å²) in [7, 11) is -3.64. The molecule has 21 heavy (non-hydrogen) atoms. The quantitative estimate of drug-likeness (QED) is 0.841. The lowest BCUT2D eigenvalue weighted by Crippen LogP contribution is -2.13. The van der Waals surface area contributed by atoms with Gasteiger partial charge in [-0.25, -0.2) is 8.42 Å². The largest absolute Gasteiger partial charge is 0.320 e. The van der Waals surface area contributed by atoms with Crippen molar-refractivity contribution in [2.24, 2.45) is 5.73 Å². The molecule has 0 bridgehead atoms. The van der Waals surface area contributed by atoms with Crippen molar-refractivity contribution in [1.82, 2.24) is 4.98 Å². The van der Waals surface area contributed by atoms with Gasteiger partial charge in [0.05, 0.1) is 23.3 Å². The highest BCUT2D eigenvalue weighted by molar-refractivity contribution is 7.92. The second-order valence-corrected chi connectivity index (χ2v) is 6.01. The molecule has 3 N–H and O–H groups in total. The van der Waals surface area contributed by atoms with Gasteiger partial charge in [0.2, 0.25) is 0 Å². The third-order valence-electron chi connectivity index (χ3n) is 2.75. The molecule has 0 aliphatic carbocycles. The van der Waals surface area contributed by atoms with Crippen molar-refractivity contribution in [1.29, 1.82) is 0 Å². The highest BCUT2D eigenvalue weighted by atomic mass is 32.2. The van der Waals surface area contributed by atoms with Gasteiger partial charge in [0.15, 0.2) is 0 Å². The normalized spacial score (nSPS) is 10.6. The monoisotopic (exact) mass is 301 g/mol. The number of aromatic nitrogens is 1. The molecule has 2 aromatic rings. The molecule has 6 heteroatoms. The van der Waals surface area contributed by atoms with Crippen LogP contribution in [0.2, 0.25) is 0 Å². The molecular formula is C15H15N3O2S. The highest BCUT2D eigenvalue weighted by Gasteiger charge is 2.15. The number of hydrogen-bond acceptors (Lipinski definition) is 4. The molecule has 0 spiro atoms. The molecule has 0 saturated heterocycles. The summed E-state index contributed by atoms with van der Waals surface area (Å²) in [6, 6.07) is 8.08. The lowest BCUT2D eigenvalue weighted by molar-refractivity contribution is 0.601. The number of aryl methyl sites for hydroxylation is 1. The SMILES string of the molecule is Cc1cc(S(=O)(=O)Nc2cccnc2)ccc1C#CCN. The maximum atomic E-state index is 12.3. The fourth-order valence-electron chi connectivity index (χ4n) is 1.73. The summed E-state index contributed by atoms with van der Waals surface area (Å²) in [5.74, 6) is 5.65. The summed E-state index contributed by atoms with van der Waals surface area (Å²) in [4.78, 5) is 4.05. The van der Waals surface area contributed by atoms with Crippen LogP contribution in [0.4, 0.5) is 5.69 Å². The minimum atomic E-state index is -3.64. The third kappa shape index (κ3) is 3.81. The first-order valence-corrected chi connectivity index (χ1v) is 7.73. The smallest absolute Gasteiger partial charge is 0.261 e. The fourth-order valence-corrected chi connectivity index (χ4v) is 2.86. The number of nitrogens with one attached hydrogen (secondary N) is 1. The Morgan fingerprint density at radius 1 is 1.33 bits per heavy atom. The maximum absolute atomic E-state index is 12.3. The molecule has 0 saturated carbocycles. The number of nitrogens with zero attached hydrogens (tertiary/aromatic N) is 1. The first-order valence-electron chi connectivity index (χ1n) is 6.25. The number of benzene rings is 1. The van der Waals surface area contributed by atoms with E-state index in [4.69, 9.17) is 5.73 Å². The van der Waals surface area contributed by atoms with Gasteiger partial charge in [-0.15, -0.1) is 0 Å². The molecule has 108 valence electrons. The molecule has 1 aromatic carbocycles. The third-order valence-corrected chi connectivity index (χ3v) is 4.13. The van der Waals surface area contributed by atoms with E-state index in [0.717, 1.165) is 11.1 Å². The summed E-state index contributed by atoms with van der Waals surface area (Å²) in [5, 5.41) is 0. The summed E-state index contributed by atoms with van der Waals surface area (Å²) in [6.07, 6.45) is 3.03. The Morgan fingerprint density at radius 2 is 2.14 bits per heavy atom. The number of rotatable bonds is 3. The molecule has 0 amide bonds. The van der Waals surface area contributed by atoms with Crippen LogP contribution in [0.5, 0.6) is 0 Å². The number of pyridine rings is 1. The first-order chi connectivity index (χ1) is 10.0. The van der Waals surface area contributed by atoms with Crippen molar-refractivity contribution in [2.75, 3.05) is 11.3 Å². The predicted octanol–water partition coefficient (Wildman–Crippen LogP) is 1.50. The van der Waals surface area contributed by atoms with Crippen LogP contribution in [0, 0.1) is 18.8 Å². The minimum absolute atomic E-state index is 0.183. The number of hydrogen-bond donors (Lipinski definition) is 2. The van der Waals surface area contributed by atoms with E-state index in [-0.39, 0.29) is 11.4 Å². The van der Waals surface area contributed by atoms with Gasteiger partial charge in [-0.1, -0.05) is 11.8 Å². The topological polar surface area (TPSA) is 85.1 Å². The Kier molecular flexibility index (Phi) is 4.58. The zero-order chi connectivity index (χ0) is 15.3. The molecule has 0 fully saturated rings. The standard InChI is InChI=1S/C15H15N3O2S/c1-12-10-15(7-6-13(12)4-2-8-16)21(19,20)18-14-5-3-9-17-11-14/h3,5-7,9-11,18H,8,16H2,1H3. The number of anilines is 1. The summed E-state index contributed by atoms with van der Waals surface area (Å²) in [5.41, 5.74) is 7.29. The average Bonchev–Trinajstić information content (AvgIpc) is 2.46. The lowest BCUT2D eigenvalue weighted by atomic mass is 10.1. The molecule has 1 heterocycles. The van der Waals surface area contributed by atoms with Crippen LogP contribution < -0.4 is 10.5 Å². The van der Waals surface area contributed by atoms with E-state index in [1.54, 1.807) is 30.5 Å². The maximum Gasteiger partial charge on any atom is 0.261 e. The van der Waals surface area contributed by atoms with E-state index in [0.29, 0.717) is 5.69 Å². The van der Waals surface area contributed by atoms with Gasteiger partial charge in [-0.2, -0.15) is 0 Å². The van der Waals surface area contributed by atoms with E-state index in [2.05, 4.69) is 21.5 Å². The van der Waals surface area contributed by atoms with Gasteiger partial charge in [0.25, 0.3) is 10.0 Å². The van der Waals surface area contributed by atoms with E-state index >= 15 is 0 Å². The van der Waals surface area contributed by atoms with Gasteiger partial charge in [-0.05, 0) is 42.8 Å². The second-order valence-electron chi connectivity index (χ2n) is 4.33. The zero-order valence-electron chi connectivity index (χ0n) is 11.5. The van der Waals surface area contributed by atoms with Crippen molar-refractivity contribution in [3.05, 3.63) is 53.9 Å². The Balaban J connectivity index is 2.31. The van der Waals surface area contributed by atoms with Gasteiger partial charge in [0, 0.05) is 11.8 Å².